The lowest BCUT2D eigenvalue weighted by Gasteiger charge is -2.24. The third-order valence-electron chi connectivity index (χ3n) is 4.88. The Labute approximate surface area is 151 Å². The summed E-state index contributed by atoms with van der Waals surface area (Å²) in [7, 11) is 0. The van der Waals surface area contributed by atoms with Gasteiger partial charge in [-0.25, -0.2) is 0 Å². The Hall–Kier alpha value is -2.27. The Morgan fingerprint density at radius 3 is 2.72 bits per heavy atom. The van der Waals surface area contributed by atoms with E-state index in [0.29, 0.717) is 0 Å². The normalized spacial score (nSPS) is 20.6. The Morgan fingerprint density at radius 2 is 1.96 bits per heavy atom. The number of rotatable bonds is 4. The van der Waals surface area contributed by atoms with Crippen molar-refractivity contribution in [2.24, 2.45) is 0 Å². The molecule has 0 saturated carbocycles. The summed E-state index contributed by atoms with van der Waals surface area (Å²) in [6, 6.07) is 16.6. The quantitative estimate of drug-likeness (QED) is 0.880. The Morgan fingerprint density at radius 1 is 1.12 bits per heavy atom. The van der Waals surface area contributed by atoms with Crippen molar-refractivity contribution in [2.75, 3.05) is 11.9 Å². The molecule has 2 aromatic rings. The highest BCUT2D eigenvalue weighted by molar-refractivity contribution is 8.15. The summed E-state index contributed by atoms with van der Waals surface area (Å²) in [5, 5.41) is 5.25. The molecular formula is C20H20N2O2S. The lowest BCUT2D eigenvalue weighted by atomic mass is 9.86. The number of hydrogen-bond donors (Lipinski definition) is 2. The topological polar surface area (TPSA) is 58.2 Å². The lowest BCUT2D eigenvalue weighted by Crippen LogP contribution is -2.29. The smallest absolute Gasteiger partial charge is 0.286 e. The average Bonchev–Trinajstić information content (AvgIpc) is 2.98. The summed E-state index contributed by atoms with van der Waals surface area (Å²) in [6.45, 7) is 1.01. The first-order valence-electron chi connectivity index (χ1n) is 8.63. The molecule has 4 nitrogen and oxygen atoms in total. The van der Waals surface area contributed by atoms with Gasteiger partial charge in [-0.3, -0.25) is 14.9 Å². The molecule has 0 spiro atoms. The van der Waals surface area contributed by atoms with Gasteiger partial charge in [-0.2, -0.15) is 0 Å². The van der Waals surface area contributed by atoms with Gasteiger partial charge in [0, 0.05) is 18.2 Å². The van der Waals surface area contributed by atoms with Crippen LogP contribution in [0.15, 0.2) is 48.5 Å². The van der Waals surface area contributed by atoms with Crippen LogP contribution in [0.1, 0.15) is 29.0 Å². The molecule has 2 aromatic carbocycles. The van der Waals surface area contributed by atoms with Gasteiger partial charge in [0.15, 0.2) is 0 Å². The van der Waals surface area contributed by atoms with E-state index in [1.165, 1.54) is 16.8 Å². The van der Waals surface area contributed by atoms with E-state index in [9.17, 15) is 9.59 Å². The first kappa shape index (κ1) is 16.2. The molecule has 128 valence electrons. The summed E-state index contributed by atoms with van der Waals surface area (Å²) in [5.41, 5.74) is 4.80. The van der Waals surface area contributed by atoms with Crippen LogP contribution in [0.25, 0.3) is 0 Å². The van der Waals surface area contributed by atoms with Gasteiger partial charge in [0.1, 0.15) is 5.25 Å². The molecule has 4 rings (SSSR count). The summed E-state index contributed by atoms with van der Waals surface area (Å²) in [6.07, 6.45) is 2.92. The second-order valence-electron chi connectivity index (χ2n) is 6.56. The standard InChI is InChI=1S/C20H20N2O2S/c23-19-18(25-20(24)22-19)16(11-13-5-2-1-3-6-13)14-8-9-17-15(12-14)7-4-10-21-17/h1-3,5-6,8-9,12,16,18,21H,4,7,10-11H2,(H,22,23,24). The van der Waals surface area contributed by atoms with Gasteiger partial charge in [-0.05, 0) is 42.0 Å². The van der Waals surface area contributed by atoms with Gasteiger partial charge in [-0.1, -0.05) is 54.2 Å². The van der Waals surface area contributed by atoms with Gasteiger partial charge >= 0.3 is 0 Å². The van der Waals surface area contributed by atoms with Crippen molar-refractivity contribution in [3.05, 3.63) is 65.2 Å². The van der Waals surface area contributed by atoms with E-state index in [4.69, 9.17) is 0 Å². The van der Waals surface area contributed by atoms with E-state index in [1.807, 2.05) is 18.2 Å². The van der Waals surface area contributed by atoms with Crippen LogP contribution in [0, 0.1) is 0 Å². The minimum Gasteiger partial charge on any atom is -0.385 e. The molecule has 1 saturated heterocycles. The number of fused-ring (bicyclic) bond motifs is 1. The van der Waals surface area contributed by atoms with E-state index in [0.717, 1.165) is 43.1 Å². The zero-order valence-corrected chi connectivity index (χ0v) is 14.6. The first-order valence-corrected chi connectivity index (χ1v) is 9.51. The number of aryl methyl sites for hydroxylation is 1. The molecule has 0 radical (unpaired) electrons. The summed E-state index contributed by atoms with van der Waals surface area (Å²) < 4.78 is 0. The summed E-state index contributed by atoms with van der Waals surface area (Å²) >= 11 is 1.12. The molecular weight excluding hydrogens is 332 g/mol. The van der Waals surface area contributed by atoms with Crippen LogP contribution in [0.4, 0.5) is 10.5 Å². The predicted molar refractivity (Wildman–Crippen MR) is 101 cm³/mol. The van der Waals surface area contributed by atoms with E-state index < -0.39 is 0 Å². The number of hydrogen-bond acceptors (Lipinski definition) is 4. The number of benzene rings is 2. The molecule has 2 N–H and O–H groups in total. The van der Waals surface area contributed by atoms with E-state index in [2.05, 4.69) is 41.0 Å². The van der Waals surface area contributed by atoms with Gasteiger partial charge in [0.2, 0.25) is 5.91 Å². The molecule has 0 aromatic heterocycles. The first-order chi connectivity index (χ1) is 12.2. The van der Waals surface area contributed by atoms with Crippen LogP contribution >= 0.6 is 11.8 Å². The Bertz CT molecular complexity index is 807. The fourth-order valence-electron chi connectivity index (χ4n) is 3.63. The molecule has 0 bridgehead atoms. The monoisotopic (exact) mass is 352 g/mol. The molecule has 2 unspecified atom stereocenters. The van der Waals surface area contributed by atoms with Crippen molar-refractivity contribution in [1.29, 1.82) is 0 Å². The minimum atomic E-state index is -0.373. The predicted octanol–water partition coefficient (Wildman–Crippen LogP) is 3.72. The van der Waals surface area contributed by atoms with Crippen molar-refractivity contribution in [2.45, 2.75) is 30.4 Å². The number of amides is 2. The zero-order valence-electron chi connectivity index (χ0n) is 13.8. The van der Waals surface area contributed by atoms with Crippen molar-refractivity contribution < 1.29 is 9.59 Å². The number of carbonyl (C=O) groups excluding carboxylic acids is 2. The SMILES string of the molecule is O=C1NC(=O)C(C(Cc2ccccc2)c2ccc3c(c2)CCCN3)S1. The number of imide groups is 1. The molecule has 2 atom stereocenters. The van der Waals surface area contributed by atoms with Crippen molar-refractivity contribution in [1.82, 2.24) is 5.32 Å². The molecule has 2 amide bonds. The van der Waals surface area contributed by atoms with E-state index >= 15 is 0 Å². The maximum atomic E-state index is 12.3. The van der Waals surface area contributed by atoms with Crippen LogP contribution in [0.5, 0.6) is 0 Å². The van der Waals surface area contributed by atoms with Crippen molar-refractivity contribution in [3.63, 3.8) is 0 Å². The van der Waals surface area contributed by atoms with Crippen LogP contribution in [0.3, 0.4) is 0 Å². The van der Waals surface area contributed by atoms with Crippen LogP contribution in [-0.4, -0.2) is 22.9 Å². The third-order valence-corrected chi connectivity index (χ3v) is 5.99. The van der Waals surface area contributed by atoms with Crippen LogP contribution in [-0.2, 0) is 17.6 Å². The third kappa shape index (κ3) is 3.42. The molecule has 5 heteroatoms. The van der Waals surface area contributed by atoms with Crippen LogP contribution < -0.4 is 10.6 Å². The fourth-order valence-corrected chi connectivity index (χ4v) is 4.60. The molecule has 1 fully saturated rings. The summed E-state index contributed by atoms with van der Waals surface area (Å²) in [4.78, 5) is 24.0. The Balaban J connectivity index is 1.69. The van der Waals surface area contributed by atoms with Crippen molar-refractivity contribution in [3.8, 4) is 0 Å². The van der Waals surface area contributed by atoms with Gasteiger partial charge in [0.25, 0.3) is 5.24 Å². The second kappa shape index (κ2) is 6.92. The molecule has 25 heavy (non-hydrogen) atoms. The highest BCUT2D eigenvalue weighted by Gasteiger charge is 2.38. The lowest BCUT2D eigenvalue weighted by molar-refractivity contribution is -0.119. The second-order valence-corrected chi connectivity index (χ2v) is 7.67. The van der Waals surface area contributed by atoms with Gasteiger partial charge in [-0.15, -0.1) is 0 Å². The fraction of sp³-hybridized carbons (Fsp3) is 0.300. The van der Waals surface area contributed by atoms with E-state index in [-0.39, 0.29) is 22.3 Å². The maximum Gasteiger partial charge on any atom is 0.286 e. The van der Waals surface area contributed by atoms with Gasteiger partial charge in [0.05, 0.1) is 0 Å². The maximum absolute atomic E-state index is 12.3. The number of anilines is 1. The number of carbonyl (C=O) groups is 2. The molecule has 2 aliphatic rings. The number of nitrogens with one attached hydrogen (secondary N) is 2. The van der Waals surface area contributed by atoms with Gasteiger partial charge < -0.3 is 5.32 Å². The average molecular weight is 352 g/mol. The molecule has 2 aliphatic heterocycles. The largest absolute Gasteiger partial charge is 0.385 e. The molecule has 0 aliphatic carbocycles. The zero-order chi connectivity index (χ0) is 17.2. The van der Waals surface area contributed by atoms with E-state index in [1.54, 1.807) is 0 Å². The highest BCUT2D eigenvalue weighted by atomic mass is 32.2. The summed E-state index contributed by atoms with van der Waals surface area (Å²) in [5.74, 6) is -0.196. The highest BCUT2D eigenvalue weighted by Crippen LogP contribution is 2.37. The van der Waals surface area contributed by atoms with Crippen LogP contribution in [0.2, 0.25) is 0 Å². The van der Waals surface area contributed by atoms with Crippen molar-refractivity contribution >= 4 is 28.6 Å². The number of thioether (sulfide) groups is 1. The molecule has 2 heterocycles. The Kier molecular flexibility index (Phi) is 4.49. The minimum absolute atomic E-state index is 0.0222.